The molecule has 0 spiro atoms. The van der Waals surface area contributed by atoms with Gasteiger partial charge in [0, 0.05) is 0 Å². The van der Waals surface area contributed by atoms with E-state index in [2.05, 4.69) is 0 Å². The van der Waals surface area contributed by atoms with Crippen molar-refractivity contribution in [2.75, 3.05) is 13.2 Å². The summed E-state index contributed by atoms with van der Waals surface area (Å²) in [4.78, 5) is 10.7. The Morgan fingerprint density at radius 1 is 1.53 bits per heavy atom. The third-order valence-corrected chi connectivity index (χ3v) is 1.78. The molecule has 0 aliphatic heterocycles. The minimum Gasteiger partial charge on any atom is -0.501 e. The van der Waals surface area contributed by atoms with E-state index in [9.17, 15) is 4.79 Å². The monoisotopic (exact) mass is 218 g/mol. The average molecular weight is 218 g/mol. The van der Waals surface area contributed by atoms with Gasteiger partial charge in [-0.15, -0.1) is 0 Å². The fourth-order valence-electron chi connectivity index (χ4n) is 0.907. The van der Waals surface area contributed by atoms with E-state index in [0.717, 1.165) is 6.42 Å². The van der Waals surface area contributed by atoms with Crippen molar-refractivity contribution < 1.29 is 24.9 Å². The molecule has 0 saturated carbocycles. The van der Waals surface area contributed by atoms with Crippen LogP contribution in [0.2, 0.25) is 0 Å². The fourth-order valence-corrected chi connectivity index (χ4v) is 0.907. The van der Waals surface area contributed by atoms with E-state index in [1.54, 1.807) is 0 Å². The van der Waals surface area contributed by atoms with E-state index in [0.29, 0.717) is 6.61 Å². The topological polar surface area (TPSA) is 87.0 Å². The van der Waals surface area contributed by atoms with Gasteiger partial charge in [0.2, 0.25) is 0 Å². The van der Waals surface area contributed by atoms with Crippen LogP contribution >= 0.6 is 0 Å². The average Bonchev–Trinajstić information content (AvgIpc) is 2.22. The third kappa shape index (κ3) is 6.93. The highest BCUT2D eigenvalue weighted by Gasteiger charge is 2.10. The van der Waals surface area contributed by atoms with Gasteiger partial charge in [-0.25, -0.2) is 4.79 Å². The second kappa shape index (κ2) is 8.26. The van der Waals surface area contributed by atoms with E-state index in [1.807, 2.05) is 6.92 Å². The van der Waals surface area contributed by atoms with Gasteiger partial charge in [0.25, 0.3) is 0 Å². The molecule has 0 saturated heterocycles. The van der Waals surface area contributed by atoms with E-state index >= 15 is 0 Å². The zero-order valence-corrected chi connectivity index (χ0v) is 8.85. The molecule has 0 radical (unpaired) electrons. The molecule has 0 aromatic rings. The predicted molar refractivity (Wildman–Crippen MR) is 54.3 cm³/mol. The van der Waals surface area contributed by atoms with Gasteiger partial charge in [-0.1, -0.05) is 6.92 Å². The van der Waals surface area contributed by atoms with Crippen LogP contribution in [0.15, 0.2) is 11.8 Å². The zero-order valence-electron chi connectivity index (χ0n) is 8.85. The van der Waals surface area contributed by atoms with Crippen LogP contribution in [-0.2, 0) is 9.53 Å². The van der Waals surface area contributed by atoms with Crippen LogP contribution in [0.1, 0.15) is 26.2 Å². The number of aliphatic carboxylic acids is 1. The van der Waals surface area contributed by atoms with Gasteiger partial charge < -0.3 is 20.1 Å². The van der Waals surface area contributed by atoms with Crippen LogP contribution in [0.3, 0.4) is 0 Å². The molecule has 0 aliphatic carbocycles. The molecule has 15 heavy (non-hydrogen) atoms. The number of carbonyl (C=O) groups is 1. The molecular formula is C10H18O5. The Kier molecular flexibility index (Phi) is 7.67. The maximum absolute atomic E-state index is 10.7. The van der Waals surface area contributed by atoms with Gasteiger partial charge in [-0.2, -0.15) is 0 Å². The van der Waals surface area contributed by atoms with Crippen molar-refractivity contribution in [3.8, 4) is 0 Å². The van der Waals surface area contributed by atoms with E-state index in [-0.39, 0.29) is 25.0 Å². The van der Waals surface area contributed by atoms with Gasteiger partial charge in [0.05, 0.1) is 31.2 Å². The molecule has 0 fully saturated rings. The van der Waals surface area contributed by atoms with Crippen molar-refractivity contribution in [1.82, 2.24) is 0 Å². The minimum absolute atomic E-state index is 0.107. The highest BCUT2D eigenvalue weighted by molar-refractivity contribution is 5.86. The van der Waals surface area contributed by atoms with Crippen LogP contribution in [0.25, 0.3) is 0 Å². The first kappa shape index (κ1) is 13.9. The number of aliphatic hydroxyl groups excluding tert-OH is 2. The highest BCUT2D eigenvalue weighted by atomic mass is 16.5. The lowest BCUT2D eigenvalue weighted by Crippen LogP contribution is -2.13. The number of hydrogen-bond donors (Lipinski definition) is 3. The Morgan fingerprint density at radius 2 is 2.20 bits per heavy atom. The smallest absolute Gasteiger partial charge is 0.334 e. The molecular weight excluding hydrogens is 200 g/mol. The van der Waals surface area contributed by atoms with Crippen LogP contribution in [0, 0.1) is 0 Å². The summed E-state index contributed by atoms with van der Waals surface area (Å²) in [5, 5.41) is 26.4. The van der Waals surface area contributed by atoms with Gasteiger partial charge >= 0.3 is 5.97 Å². The number of hydrogen-bond acceptors (Lipinski definition) is 4. The van der Waals surface area contributed by atoms with Crippen molar-refractivity contribution >= 4 is 5.97 Å². The second-order valence-corrected chi connectivity index (χ2v) is 3.19. The molecule has 88 valence electrons. The van der Waals surface area contributed by atoms with Gasteiger partial charge in [-0.05, 0) is 19.3 Å². The van der Waals surface area contributed by atoms with Crippen molar-refractivity contribution in [2.45, 2.75) is 32.3 Å². The molecule has 1 atom stereocenters. The summed E-state index contributed by atoms with van der Waals surface area (Å²) in [6.07, 6.45) is 1.53. The fraction of sp³-hybridized carbons (Fsp3) is 0.700. The Bertz CT molecular complexity index is 212. The summed E-state index contributed by atoms with van der Waals surface area (Å²) < 4.78 is 4.99. The van der Waals surface area contributed by atoms with Gasteiger partial charge in [0.15, 0.2) is 0 Å². The SMILES string of the molecule is CCCOC=C(CCC(O)CO)C(=O)O. The van der Waals surface area contributed by atoms with E-state index < -0.39 is 12.1 Å². The Labute approximate surface area is 89.0 Å². The number of carboxylic acids is 1. The Morgan fingerprint density at radius 3 is 2.67 bits per heavy atom. The molecule has 0 aromatic heterocycles. The lowest BCUT2D eigenvalue weighted by Gasteiger charge is -2.07. The molecule has 0 amide bonds. The van der Waals surface area contributed by atoms with Crippen LogP contribution in [0.4, 0.5) is 0 Å². The third-order valence-electron chi connectivity index (χ3n) is 1.78. The van der Waals surface area contributed by atoms with Crippen LogP contribution in [0.5, 0.6) is 0 Å². The van der Waals surface area contributed by atoms with Crippen molar-refractivity contribution in [3.05, 3.63) is 11.8 Å². The lowest BCUT2D eigenvalue weighted by molar-refractivity contribution is -0.133. The Balaban J connectivity index is 4.04. The lowest BCUT2D eigenvalue weighted by atomic mass is 10.1. The molecule has 1 unspecified atom stereocenters. The highest BCUT2D eigenvalue weighted by Crippen LogP contribution is 2.08. The zero-order chi connectivity index (χ0) is 11.7. The number of aliphatic hydroxyl groups is 2. The largest absolute Gasteiger partial charge is 0.501 e. The van der Waals surface area contributed by atoms with Crippen molar-refractivity contribution in [2.24, 2.45) is 0 Å². The Hall–Kier alpha value is -1.07. The first-order valence-electron chi connectivity index (χ1n) is 4.94. The molecule has 3 N–H and O–H groups in total. The van der Waals surface area contributed by atoms with Crippen LogP contribution < -0.4 is 0 Å². The van der Waals surface area contributed by atoms with Crippen molar-refractivity contribution in [1.29, 1.82) is 0 Å². The molecule has 0 aliphatic rings. The first-order valence-corrected chi connectivity index (χ1v) is 4.94. The number of rotatable bonds is 8. The van der Waals surface area contributed by atoms with Crippen LogP contribution in [-0.4, -0.2) is 40.6 Å². The van der Waals surface area contributed by atoms with Gasteiger partial charge in [0.1, 0.15) is 0 Å². The molecule has 5 heteroatoms. The quantitative estimate of drug-likeness (QED) is 0.314. The minimum atomic E-state index is -1.06. The maximum Gasteiger partial charge on any atom is 0.334 e. The summed E-state index contributed by atoms with van der Waals surface area (Å²) in [5.74, 6) is -1.06. The maximum atomic E-state index is 10.7. The number of ether oxygens (including phenoxy) is 1. The van der Waals surface area contributed by atoms with Crippen molar-refractivity contribution in [3.63, 3.8) is 0 Å². The van der Waals surface area contributed by atoms with E-state index in [1.165, 1.54) is 6.26 Å². The molecule has 0 rings (SSSR count). The molecule has 0 heterocycles. The molecule has 5 nitrogen and oxygen atoms in total. The van der Waals surface area contributed by atoms with Gasteiger partial charge in [-0.3, -0.25) is 0 Å². The summed E-state index contributed by atoms with van der Waals surface area (Å²) in [5.41, 5.74) is 0.107. The van der Waals surface area contributed by atoms with E-state index in [4.69, 9.17) is 20.1 Å². The second-order valence-electron chi connectivity index (χ2n) is 3.19. The molecule has 0 bridgehead atoms. The number of carboxylic acid groups (broad SMARTS) is 1. The standard InChI is InChI=1S/C10H18O5/c1-2-5-15-7-8(10(13)14)3-4-9(12)6-11/h7,9,11-12H,2-6H2,1H3,(H,13,14). The normalized spacial score (nSPS) is 13.7. The summed E-state index contributed by atoms with van der Waals surface area (Å²) in [7, 11) is 0. The summed E-state index contributed by atoms with van der Waals surface area (Å²) >= 11 is 0. The summed E-state index contributed by atoms with van der Waals surface area (Å²) in [6, 6.07) is 0. The predicted octanol–water partition coefficient (Wildman–Crippen LogP) is 0.515. The first-order chi connectivity index (χ1) is 7.11. The molecule has 0 aromatic carbocycles. The summed E-state index contributed by atoms with van der Waals surface area (Å²) in [6.45, 7) is 2.03.